The van der Waals surface area contributed by atoms with Crippen LogP contribution in [-0.4, -0.2) is 30.3 Å². The van der Waals surface area contributed by atoms with Gasteiger partial charge < -0.3 is 10.1 Å². The van der Waals surface area contributed by atoms with E-state index in [9.17, 15) is 23.6 Å². The first kappa shape index (κ1) is 21.4. The topological polar surface area (TPSA) is 92.8 Å². The number of esters is 1. The van der Waals surface area contributed by atoms with E-state index in [-0.39, 0.29) is 35.1 Å². The maximum Gasteiger partial charge on any atom is 0.338 e. The van der Waals surface area contributed by atoms with Crippen molar-refractivity contribution in [1.82, 2.24) is 0 Å². The van der Waals surface area contributed by atoms with E-state index in [0.717, 1.165) is 0 Å². The largest absolute Gasteiger partial charge is 0.452 e. The summed E-state index contributed by atoms with van der Waals surface area (Å²) in [5.74, 6) is -2.92. The van der Waals surface area contributed by atoms with Gasteiger partial charge in [-0.1, -0.05) is 19.1 Å². The summed E-state index contributed by atoms with van der Waals surface area (Å²) in [6, 6.07) is 11.1. The highest BCUT2D eigenvalue weighted by atomic mass is 19.1. The molecule has 0 radical (unpaired) electrons. The van der Waals surface area contributed by atoms with Gasteiger partial charge in [0.05, 0.1) is 23.1 Å². The fraction of sp³-hybridized carbons (Fsp3) is 0.250. The van der Waals surface area contributed by atoms with Gasteiger partial charge in [-0.15, -0.1) is 0 Å². The zero-order valence-corrected chi connectivity index (χ0v) is 17.3. The maximum absolute atomic E-state index is 12.9. The van der Waals surface area contributed by atoms with Crippen LogP contribution in [0, 0.1) is 23.6 Å². The second-order valence-corrected chi connectivity index (χ2v) is 7.85. The number of halogens is 1. The van der Waals surface area contributed by atoms with Crippen molar-refractivity contribution in [1.29, 1.82) is 0 Å². The van der Waals surface area contributed by atoms with Gasteiger partial charge in [0.25, 0.3) is 5.91 Å². The van der Waals surface area contributed by atoms with Crippen molar-refractivity contribution in [2.24, 2.45) is 17.8 Å². The summed E-state index contributed by atoms with van der Waals surface area (Å²) in [6.07, 6.45) is 4.44. The number of fused-ring (bicyclic) bond motifs is 1. The van der Waals surface area contributed by atoms with E-state index in [1.54, 1.807) is 0 Å². The number of carbonyl (C=O) groups excluding carboxylic acids is 4. The minimum absolute atomic E-state index is 0.00879. The van der Waals surface area contributed by atoms with E-state index >= 15 is 0 Å². The van der Waals surface area contributed by atoms with Gasteiger partial charge in [-0.3, -0.25) is 19.3 Å². The third-order valence-corrected chi connectivity index (χ3v) is 5.70. The lowest BCUT2D eigenvalue weighted by atomic mass is 9.78. The van der Waals surface area contributed by atoms with Crippen LogP contribution in [0.15, 0.2) is 60.7 Å². The minimum atomic E-state index is -0.726. The predicted molar refractivity (Wildman–Crippen MR) is 114 cm³/mol. The Hall–Kier alpha value is -3.81. The monoisotopic (exact) mass is 436 g/mol. The summed E-state index contributed by atoms with van der Waals surface area (Å²) in [4.78, 5) is 51.0. The van der Waals surface area contributed by atoms with Crippen molar-refractivity contribution in [3.05, 3.63) is 72.1 Å². The molecule has 1 aliphatic heterocycles. The van der Waals surface area contributed by atoms with Crippen LogP contribution < -0.4 is 10.2 Å². The third kappa shape index (κ3) is 4.16. The Morgan fingerprint density at radius 1 is 1.06 bits per heavy atom. The summed E-state index contributed by atoms with van der Waals surface area (Å²) >= 11 is 0. The minimum Gasteiger partial charge on any atom is -0.452 e. The van der Waals surface area contributed by atoms with Crippen LogP contribution in [0.5, 0.6) is 0 Å². The highest BCUT2D eigenvalue weighted by molar-refractivity contribution is 6.22. The van der Waals surface area contributed by atoms with E-state index in [2.05, 4.69) is 5.32 Å². The Labute approximate surface area is 183 Å². The van der Waals surface area contributed by atoms with E-state index < -0.39 is 24.3 Å². The lowest BCUT2D eigenvalue weighted by molar-refractivity contribution is -0.123. The molecule has 3 atom stereocenters. The lowest BCUT2D eigenvalue weighted by Gasteiger charge is -2.22. The summed E-state index contributed by atoms with van der Waals surface area (Å²) in [6.45, 7) is 1.41. The fourth-order valence-electron chi connectivity index (χ4n) is 4.09. The number of nitrogens with zero attached hydrogens (tertiary/aromatic N) is 1. The molecule has 1 fully saturated rings. The van der Waals surface area contributed by atoms with Gasteiger partial charge in [0.1, 0.15) is 5.82 Å². The van der Waals surface area contributed by atoms with Gasteiger partial charge in [-0.25, -0.2) is 9.18 Å². The molecule has 1 N–H and O–H groups in total. The smallest absolute Gasteiger partial charge is 0.338 e. The van der Waals surface area contributed by atoms with Gasteiger partial charge in [0.2, 0.25) is 11.8 Å². The number of benzene rings is 2. The zero-order valence-electron chi connectivity index (χ0n) is 17.3. The first-order valence-corrected chi connectivity index (χ1v) is 10.2. The molecule has 164 valence electrons. The number of allylic oxidation sites excluding steroid dienone is 2. The molecular formula is C24H21FN2O5. The SMILES string of the molecule is C[C@@H]1C=CC[C@H]2C(=O)N(c3ccc(C(=O)OCC(=O)Nc4ccc(F)cc4)cc3)C(=O)[C@@H]12. The van der Waals surface area contributed by atoms with Crippen molar-refractivity contribution < 1.29 is 28.3 Å². The molecule has 0 aromatic heterocycles. The van der Waals surface area contributed by atoms with Crippen molar-refractivity contribution in [2.75, 3.05) is 16.8 Å². The van der Waals surface area contributed by atoms with E-state index in [1.807, 2.05) is 19.1 Å². The Bertz CT molecular complexity index is 1090. The van der Waals surface area contributed by atoms with E-state index in [0.29, 0.717) is 17.8 Å². The van der Waals surface area contributed by atoms with Crippen LogP contribution >= 0.6 is 0 Å². The predicted octanol–water partition coefficient (Wildman–Crippen LogP) is 3.32. The molecule has 1 saturated heterocycles. The summed E-state index contributed by atoms with van der Waals surface area (Å²) < 4.78 is 17.9. The molecule has 2 aliphatic rings. The fourth-order valence-corrected chi connectivity index (χ4v) is 4.09. The Balaban J connectivity index is 1.36. The zero-order chi connectivity index (χ0) is 22.8. The standard InChI is InChI=1S/C24H21FN2O5/c1-14-3-2-4-19-21(14)23(30)27(22(19)29)18-11-5-15(6-12-18)24(31)32-13-20(28)26-17-9-7-16(25)8-10-17/h2-3,5-12,14,19,21H,4,13H2,1H3,(H,26,28)/t14-,19-,21+/m1/s1. The van der Waals surface area contributed by atoms with Gasteiger partial charge in [0, 0.05) is 5.69 Å². The summed E-state index contributed by atoms with van der Waals surface area (Å²) in [7, 11) is 0. The molecular weight excluding hydrogens is 415 g/mol. The first-order chi connectivity index (χ1) is 15.3. The summed E-state index contributed by atoms with van der Waals surface area (Å²) in [5, 5.41) is 2.49. The molecule has 0 saturated carbocycles. The van der Waals surface area contributed by atoms with Crippen LogP contribution in [-0.2, 0) is 19.1 Å². The van der Waals surface area contributed by atoms with Crippen molar-refractivity contribution in [3.8, 4) is 0 Å². The number of nitrogens with one attached hydrogen (secondary N) is 1. The van der Waals surface area contributed by atoms with E-state index in [1.165, 1.54) is 53.4 Å². The Morgan fingerprint density at radius 3 is 2.41 bits per heavy atom. The quantitative estimate of drug-likeness (QED) is 0.441. The molecule has 1 heterocycles. The van der Waals surface area contributed by atoms with Gasteiger partial charge >= 0.3 is 5.97 Å². The average molecular weight is 436 g/mol. The van der Waals surface area contributed by atoms with Gasteiger partial charge in [-0.05, 0) is 60.9 Å². The van der Waals surface area contributed by atoms with Crippen LogP contribution in [0.3, 0.4) is 0 Å². The molecule has 2 aromatic carbocycles. The average Bonchev–Trinajstić information content (AvgIpc) is 3.05. The van der Waals surface area contributed by atoms with Crippen LogP contribution in [0.4, 0.5) is 15.8 Å². The number of carbonyl (C=O) groups is 4. The summed E-state index contributed by atoms with van der Waals surface area (Å²) in [5.41, 5.74) is 0.948. The third-order valence-electron chi connectivity index (χ3n) is 5.70. The van der Waals surface area contributed by atoms with Crippen LogP contribution in [0.1, 0.15) is 23.7 Å². The van der Waals surface area contributed by atoms with Crippen molar-refractivity contribution >= 4 is 35.1 Å². The normalized spacial score (nSPS) is 21.9. The molecule has 7 nitrogen and oxygen atoms in total. The molecule has 2 aromatic rings. The second-order valence-electron chi connectivity index (χ2n) is 7.85. The Morgan fingerprint density at radius 2 is 1.75 bits per heavy atom. The molecule has 8 heteroatoms. The van der Waals surface area contributed by atoms with Crippen molar-refractivity contribution in [3.63, 3.8) is 0 Å². The van der Waals surface area contributed by atoms with E-state index in [4.69, 9.17) is 4.74 Å². The molecule has 4 rings (SSSR count). The lowest BCUT2D eigenvalue weighted by Crippen LogP contribution is -2.31. The van der Waals surface area contributed by atoms with Gasteiger partial charge in [-0.2, -0.15) is 0 Å². The number of hydrogen-bond acceptors (Lipinski definition) is 5. The first-order valence-electron chi connectivity index (χ1n) is 10.2. The highest BCUT2D eigenvalue weighted by Gasteiger charge is 2.50. The number of hydrogen-bond donors (Lipinski definition) is 1. The molecule has 3 amide bonds. The molecule has 0 spiro atoms. The maximum atomic E-state index is 12.9. The molecule has 0 unspecified atom stereocenters. The highest BCUT2D eigenvalue weighted by Crippen LogP contribution is 2.40. The number of amides is 3. The Kier molecular flexibility index (Phi) is 5.85. The van der Waals surface area contributed by atoms with Crippen LogP contribution in [0.25, 0.3) is 0 Å². The number of ether oxygens (including phenoxy) is 1. The molecule has 0 bridgehead atoms. The molecule has 32 heavy (non-hydrogen) atoms. The number of anilines is 2. The van der Waals surface area contributed by atoms with Gasteiger partial charge in [0.15, 0.2) is 6.61 Å². The van der Waals surface area contributed by atoms with Crippen molar-refractivity contribution in [2.45, 2.75) is 13.3 Å². The number of imide groups is 1. The molecule has 1 aliphatic carbocycles. The number of rotatable bonds is 5. The second kappa shape index (κ2) is 8.74. The van der Waals surface area contributed by atoms with Crippen LogP contribution in [0.2, 0.25) is 0 Å².